The summed E-state index contributed by atoms with van der Waals surface area (Å²) in [5, 5.41) is 18.8. The van der Waals surface area contributed by atoms with E-state index in [0.717, 1.165) is 22.0 Å². The smallest absolute Gasteiger partial charge is 0.339 e. The van der Waals surface area contributed by atoms with Crippen LogP contribution in [0.1, 0.15) is 15.9 Å². The Balaban J connectivity index is 2.15. The summed E-state index contributed by atoms with van der Waals surface area (Å²) in [6, 6.07) is 6.97. The quantitative estimate of drug-likeness (QED) is 0.746. The van der Waals surface area contributed by atoms with Crippen LogP contribution in [0.2, 0.25) is 0 Å². The molecule has 1 atom stereocenters. The molecule has 0 aliphatic carbocycles. The van der Waals surface area contributed by atoms with Crippen molar-refractivity contribution in [1.82, 2.24) is 0 Å². The number of hydrogen-bond donors (Lipinski definition) is 2. The molecule has 2 N–H and O–H groups in total. The van der Waals surface area contributed by atoms with Crippen LogP contribution in [0.3, 0.4) is 0 Å². The van der Waals surface area contributed by atoms with Crippen LogP contribution in [0.15, 0.2) is 34.8 Å². The molecule has 0 spiro atoms. The Labute approximate surface area is 148 Å². The van der Waals surface area contributed by atoms with Gasteiger partial charge in [0.05, 0.1) is 29.2 Å². The van der Waals surface area contributed by atoms with Crippen molar-refractivity contribution in [3.63, 3.8) is 0 Å². The number of aromatic hydroxyl groups is 1. The molecule has 0 bridgehead atoms. The molecule has 7 nitrogen and oxygen atoms in total. The molecule has 0 saturated heterocycles. The van der Waals surface area contributed by atoms with Crippen molar-refractivity contribution < 1.29 is 28.5 Å². The summed E-state index contributed by atoms with van der Waals surface area (Å²) < 4.78 is 30.8. The predicted octanol–water partition coefficient (Wildman–Crippen LogP) is 2.72. The van der Waals surface area contributed by atoms with E-state index < -0.39 is 23.0 Å². The highest BCUT2D eigenvalue weighted by Gasteiger charge is 2.24. The lowest BCUT2D eigenvalue weighted by atomic mass is 10.1. The topological polar surface area (TPSA) is 110 Å². The maximum absolute atomic E-state index is 11.8. The first-order valence-corrected chi connectivity index (χ1v) is 8.62. The molecule has 1 heterocycles. The van der Waals surface area contributed by atoms with Gasteiger partial charge in [-0.1, -0.05) is 15.9 Å². The van der Waals surface area contributed by atoms with E-state index in [4.69, 9.17) is 9.84 Å². The van der Waals surface area contributed by atoms with Gasteiger partial charge < -0.3 is 19.5 Å². The van der Waals surface area contributed by atoms with Crippen molar-refractivity contribution >= 4 is 44.5 Å². The average Bonchev–Trinajstić information content (AvgIpc) is 2.94. The van der Waals surface area contributed by atoms with E-state index in [9.17, 15) is 18.7 Å². The van der Waals surface area contributed by atoms with Crippen molar-refractivity contribution in [2.75, 3.05) is 10.9 Å². The van der Waals surface area contributed by atoms with Crippen LogP contribution < -0.4 is 9.04 Å². The minimum absolute atomic E-state index is 0.0987. The molecular formula is C15H11BrNO6S-. The summed E-state index contributed by atoms with van der Waals surface area (Å²) in [7, 11) is 0. The normalized spacial score (nSPS) is 13.9. The number of nitrogens with zero attached hydrogens (tertiary/aromatic N) is 1. The molecule has 1 aliphatic heterocycles. The number of aromatic carboxylic acids is 1. The van der Waals surface area contributed by atoms with Crippen molar-refractivity contribution in [2.24, 2.45) is 0 Å². The minimum atomic E-state index is -2.71. The molecule has 3 rings (SSSR count). The Morgan fingerprint density at radius 3 is 2.71 bits per heavy atom. The Hall–Kier alpha value is -2.10. The first kappa shape index (κ1) is 16.7. The predicted molar refractivity (Wildman–Crippen MR) is 89.5 cm³/mol. The lowest BCUT2D eigenvalue weighted by Gasteiger charge is -2.28. The van der Waals surface area contributed by atoms with Crippen LogP contribution in [0.5, 0.6) is 11.5 Å². The molecule has 0 saturated carbocycles. The van der Waals surface area contributed by atoms with Gasteiger partial charge in [0, 0.05) is 22.5 Å². The van der Waals surface area contributed by atoms with E-state index in [2.05, 4.69) is 15.9 Å². The van der Waals surface area contributed by atoms with Crippen LogP contribution in [-0.4, -0.2) is 31.6 Å². The molecule has 126 valence electrons. The summed E-state index contributed by atoms with van der Waals surface area (Å²) in [6.07, 6.45) is 0.657. The van der Waals surface area contributed by atoms with Crippen LogP contribution >= 0.6 is 15.9 Å². The number of halogens is 1. The van der Waals surface area contributed by atoms with Gasteiger partial charge in [-0.15, -0.1) is 0 Å². The van der Waals surface area contributed by atoms with Crippen molar-refractivity contribution in [1.29, 1.82) is 0 Å². The molecule has 0 amide bonds. The number of rotatable bonds is 4. The highest BCUT2D eigenvalue weighted by molar-refractivity contribution is 9.10. The van der Waals surface area contributed by atoms with Gasteiger partial charge in [0.15, 0.2) is 0 Å². The first-order valence-electron chi connectivity index (χ1n) is 6.79. The Kier molecular flexibility index (Phi) is 4.48. The maximum atomic E-state index is 11.8. The molecule has 0 fully saturated rings. The van der Waals surface area contributed by atoms with E-state index in [0.29, 0.717) is 23.2 Å². The van der Waals surface area contributed by atoms with Gasteiger partial charge in [-0.25, -0.2) is 4.79 Å². The van der Waals surface area contributed by atoms with Crippen molar-refractivity contribution in [3.8, 4) is 11.5 Å². The number of carbonyl (C=O) groups is 1. The molecule has 0 radical (unpaired) electrons. The lowest BCUT2D eigenvalue weighted by molar-refractivity contribution is 0.0694. The fraction of sp³-hybridized carbons (Fsp3) is 0.133. The summed E-state index contributed by atoms with van der Waals surface area (Å²) in [6.45, 7) is 0.446. The summed E-state index contributed by atoms with van der Waals surface area (Å²) >= 11 is 0.633. The maximum Gasteiger partial charge on any atom is 0.339 e. The van der Waals surface area contributed by atoms with Crippen LogP contribution in [0.25, 0.3) is 0 Å². The van der Waals surface area contributed by atoms with E-state index in [1.165, 1.54) is 6.07 Å². The third kappa shape index (κ3) is 2.97. The summed E-state index contributed by atoms with van der Waals surface area (Å²) in [5.41, 5.74) is 0.932. The molecule has 2 aromatic rings. The highest BCUT2D eigenvalue weighted by Crippen LogP contribution is 2.43. The largest absolute Gasteiger partial charge is 0.755 e. The Morgan fingerprint density at radius 2 is 2.08 bits per heavy atom. The monoisotopic (exact) mass is 412 g/mol. The van der Waals surface area contributed by atoms with Gasteiger partial charge >= 0.3 is 5.97 Å². The zero-order valence-electron chi connectivity index (χ0n) is 12.1. The number of fused-ring (bicyclic) bond motifs is 1. The van der Waals surface area contributed by atoms with Crippen LogP contribution in [0, 0.1) is 0 Å². The molecule has 24 heavy (non-hydrogen) atoms. The number of ether oxygens (including phenoxy) is 1. The van der Waals surface area contributed by atoms with Gasteiger partial charge in [0.25, 0.3) is 0 Å². The molecular weight excluding hydrogens is 402 g/mol. The average molecular weight is 413 g/mol. The fourth-order valence-electron chi connectivity index (χ4n) is 2.53. The fourth-order valence-corrected chi connectivity index (χ4v) is 3.61. The van der Waals surface area contributed by atoms with Gasteiger partial charge in [-0.2, -0.15) is 0 Å². The number of anilines is 2. The van der Waals surface area contributed by atoms with Gasteiger partial charge in [0.2, 0.25) is 0 Å². The zero-order valence-corrected chi connectivity index (χ0v) is 14.5. The van der Waals surface area contributed by atoms with E-state index >= 15 is 0 Å². The second kappa shape index (κ2) is 6.42. The zero-order chi connectivity index (χ0) is 17.4. The minimum Gasteiger partial charge on any atom is -0.755 e. The Bertz CT molecular complexity index is 856. The first-order chi connectivity index (χ1) is 11.4. The van der Waals surface area contributed by atoms with Crippen molar-refractivity contribution in [3.05, 3.63) is 45.9 Å². The van der Waals surface area contributed by atoms with E-state index in [-0.39, 0.29) is 16.9 Å². The second-order valence-electron chi connectivity index (χ2n) is 5.03. The standard InChI is InChI=1S/C15H12BrNO6S/c16-9-5-8-3-4-23-14(8)12(6-9)17(24(21)22)10-1-2-11(15(19)20)13(18)7-10/h1-2,5-7,18H,3-4H2,(H,19,20)(H,21,22)/p-1. The van der Waals surface area contributed by atoms with Crippen LogP contribution in [0.4, 0.5) is 11.4 Å². The van der Waals surface area contributed by atoms with Crippen molar-refractivity contribution in [2.45, 2.75) is 6.42 Å². The molecule has 2 aromatic carbocycles. The summed E-state index contributed by atoms with van der Waals surface area (Å²) in [5.74, 6) is -1.38. The van der Waals surface area contributed by atoms with Gasteiger partial charge in [0.1, 0.15) is 17.1 Å². The SMILES string of the molecule is O=C(O)c1ccc(N(c2cc(Br)cc3c2OCC3)S(=O)[O-])cc1O. The van der Waals surface area contributed by atoms with Gasteiger partial charge in [-0.3, -0.25) is 8.51 Å². The molecule has 9 heteroatoms. The van der Waals surface area contributed by atoms with E-state index in [1.807, 2.05) is 6.07 Å². The molecule has 1 unspecified atom stereocenters. The highest BCUT2D eigenvalue weighted by atomic mass is 79.9. The third-order valence-electron chi connectivity index (χ3n) is 3.54. The number of carboxylic acids is 1. The van der Waals surface area contributed by atoms with Crippen LogP contribution in [-0.2, 0) is 17.7 Å². The van der Waals surface area contributed by atoms with E-state index in [1.54, 1.807) is 6.07 Å². The third-order valence-corrected chi connectivity index (χ3v) is 4.71. The number of hydrogen-bond acceptors (Lipinski definition) is 5. The molecule has 0 aromatic heterocycles. The van der Waals surface area contributed by atoms with Gasteiger partial charge in [-0.05, 0) is 24.3 Å². The lowest BCUT2D eigenvalue weighted by Crippen LogP contribution is -2.20. The Morgan fingerprint density at radius 1 is 1.33 bits per heavy atom. The number of benzene rings is 2. The number of carboxylic acid groups (broad SMARTS) is 1. The molecule has 1 aliphatic rings. The second-order valence-corrected chi connectivity index (χ2v) is 6.74. The number of phenols is 1. The summed E-state index contributed by atoms with van der Waals surface area (Å²) in [4.78, 5) is 11.0.